The van der Waals surface area contributed by atoms with E-state index < -0.39 is 0 Å². The molecule has 1 N–H and O–H groups in total. The second-order valence-corrected chi connectivity index (χ2v) is 6.10. The summed E-state index contributed by atoms with van der Waals surface area (Å²) in [6, 6.07) is 0. The molecule has 2 heterocycles. The summed E-state index contributed by atoms with van der Waals surface area (Å²) in [6.07, 6.45) is 6.00. The molecular weight excluding hydrogens is 252 g/mol. The summed E-state index contributed by atoms with van der Waals surface area (Å²) in [5.41, 5.74) is 0. The number of rotatable bonds is 6. The van der Waals surface area contributed by atoms with E-state index in [1.165, 1.54) is 19.4 Å². The Labute approximate surface area is 121 Å². The minimum Gasteiger partial charge on any atom is -0.476 e. The quantitative estimate of drug-likeness (QED) is 0.865. The molecule has 0 spiro atoms. The molecule has 0 radical (unpaired) electrons. The van der Waals surface area contributed by atoms with Crippen LogP contribution in [0, 0.1) is 11.8 Å². The van der Waals surface area contributed by atoms with Gasteiger partial charge in [-0.05, 0) is 38.3 Å². The normalized spacial score (nSPS) is 20.1. The lowest BCUT2D eigenvalue weighted by atomic mass is 9.98. The van der Waals surface area contributed by atoms with Gasteiger partial charge in [0, 0.05) is 13.1 Å². The largest absolute Gasteiger partial charge is 0.476 e. The lowest BCUT2D eigenvalue weighted by Gasteiger charge is -2.29. The molecular formula is C15H26N4O. The van der Waals surface area contributed by atoms with Crippen LogP contribution in [0.4, 0.5) is 5.82 Å². The van der Waals surface area contributed by atoms with Crippen LogP contribution in [0.25, 0.3) is 0 Å². The van der Waals surface area contributed by atoms with Gasteiger partial charge >= 0.3 is 0 Å². The van der Waals surface area contributed by atoms with E-state index in [1.807, 2.05) is 0 Å². The zero-order valence-corrected chi connectivity index (χ0v) is 12.8. The fourth-order valence-corrected chi connectivity index (χ4v) is 2.44. The number of aromatic nitrogens is 2. The van der Waals surface area contributed by atoms with Gasteiger partial charge in [0.05, 0.1) is 19.0 Å². The average molecular weight is 278 g/mol. The molecule has 1 saturated heterocycles. The number of hydrogen-bond donors (Lipinski definition) is 1. The molecule has 1 atom stereocenters. The molecule has 1 fully saturated rings. The Bertz CT molecular complexity index is 411. The van der Waals surface area contributed by atoms with E-state index in [1.54, 1.807) is 12.4 Å². The molecule has 1 aromatic rings. The van der Waals surface area contributed by atoms with Crippen molar-refractivity contribution >= 4 is 5.82 Å². The van der Waals surface area contributed by atoms with Crippen molar-refractivity contribution in [1.29, 1.82) is 0 Å². The highest BCUT2D eigenvalue weighted by Gasteiger charge is 2.16. The Kier molecular flexibility index (Phi) is 5.59. The van der Waals surface area contributed by atoms with Gasteiger partial charge in [-0.25, -0.2) is 0 Å². The highest BCUT2D eigenvalue weighted by molar-refractivity contribution is 5.33. The SMILES string of the molecule is CC(C)COc1cncc(NCC2CCCN(C)C2)n1. The number of ether oxygens (including phenoxy) is 1. The zero-order chi connectivity index (χ0) is 14.4. The Morgan fingerprint density at radius 3 is 3.05 bits per heavy atom. The van der Waals surface area contributed by atoms with Crippen molar-refractivity contribution < 1.29 is 4.74 Å². The third-order valence-corrected chi connectivity index (χ3v) is 3.47. The van der Waals surface area contributed by atoms with Crippen LogP contribution in [0.5, 0.6) is 5.88 Å². The molecule has 2 rings (SSSR count). The van der Waals surface area contributed by atoms with Gasteiger partial charge in [0.1, 0.15) is 5.82 Å². The molecule has 0 aliphatic carbocycles. The summed E-state index contributed by atoms with van der Waals surface area (Å²) in [5.74, 6) is 2.59. The van der Waals surface area contributed by atoms with Crippen LogP contribution in [-0.4, -0.2) is 48.2 Å². The molecule has 112 valence electrons. The van der Waals surface area contributed by atoms with Gasteiger partial charge in [-0.1, -0.05) is 13.8 Å². The van der Waals surface area contributed by atoms with Gasteiger partial charge in [-0.15, -0.1) is 0 Å². The Morgan fingerprint density at radius 2 is 2.30 bits per heavy atom. The average Bonchev–Trinajstić information content (AvgIpc) is 2.43. The molecule has 20 heavy (non-hydrogen) atoms. The Hall–Kier alpha value is -1.36. The van der Waals surface area contributed by atoms with Crippen LogP contribution in [0.2, 0.25) is 0 Å². The molecule has 0 bridgehead atoms. The van der Waals surface area contributed by atoms with Gasteiger partial charge < -0.3 is 15.0 Å². The molecule has 1 aromatic heterocycles. The minimum absolute atomic E-state index is 0.492. The topological polar surface area (TPSA) is 50.3 Å². The van der Waals surface area contributed by atoms with E-state index >= 15 is 0 Å². The fourth-order valence-electron chi connectivity index (χ4n) is 2.44. The maximum atomic E-state index is 5.60. The second kappa shape index (κ2) is 7.43. The van der Waals surface area contributed by atoms with Crippen molar-refractivity contribution in [2.75, 3.05) is 38.6 Å². The Morgan fingerprint density at radius 1 is 1.45 bits per heavy atom. The molecule has 1 aliphatic rings. The molecule has 0 amide bonds. The van der Waals surface area contributed by atoms with E-state index in [0.717, 1.165) is 18.9 Å². The van der Waals surface area contributed by atoms with Crippen molar-refractivity contribution in [3.8, 4) is 5.88 Å². The smallest absolute Gasteiger partial charge is 0.234 e. The summed E-state index contributed by atoms with van der Waals surface area (Å²) >= 11 is 0. The van der Waals surface area contributed by atoms with Crippen molar-refractivity contribution in [3.63, 3.8) is 0 Å². The van der Waals surface area contributed by atoms with E-state index in [9.17, 15) is 0 Å². The first kappa shape index (κ1) is 15.0. The molecule has 0 saturated carbocycles. The predicted octanol–water partition coefficient (Wildman–Crippen LogP) is 2.27. The van der Waals surface area contributed by atoms with Crippen molar-refractivity contribution in [2.45, 2.75) is 26.7 Å². The van der Waals surface area contributed by atoms with Crippen LogP contribution in [0.1, 0.15) is 26.7 Å². The van der Waals surface area contributed by atoms with Crippen LogP contribution in [0.3, 0.4) is 0 Å². The first-order chi connectivity index (χ1) is 9.63. The number of piperidine rings is 1. The summed E-state index contributed by atoms with van der Waals surface area (Å²) in [6.45, 7) is 8.24. The van der Waals surface area contributed by atoms with Gasteiger partial charge in [-0.2, -0.15) is 4.98 Å². The molecule has 1 unspecified atom stereocenters. The van der Waals surface area contributed by atoms with Crippen LogP contribution < -0.4 is 10.1 Å². The Balaban J connectivity index is 1.81. The number of likely N-dealkylation sites (tertiary alicyclic amines) is 1. The summed E-state index contributed by atoms with van der Waals surface area (Å²) in [7, 11) is 2.19. The van der Waals surface area contributed by atoms with Crippen LogP contribution >= 0.6 is 0 Å². The standard InChI is InChI=1S/C15H26N4O/c1-12(2)11-20-15-9-16-8-14(18-15)17-7-13-5-4-6-19(3)10-13/h8-9,12-13H,4-7,10-11H2,1-3H3,(H,17,18). The van der Waals surface area contributed by atoms with Crippen LogP contribution in [-0.2, 0) is 0 Å². The second-order valence-electron chi connectivity index (χ2n) is 6.10. The summed E-state index contributed by atoms with van der Waals surface area (Å²) < 4.78 is 5.60. The van der Waals surface area contributed by atoms with E-state index in [2.05, 4.69) is 41.1 Å². The highest BCUT2D eigenvalue weighted by atomic mass is 16.5. The molecule has 5 heteroatoms. The first-order valence-corrected chi connectivity index (χ1v) is 7.50. The van der Waals surface area contributed by atoms with Crippen molar-refractivity contribution in [3.05, 3.63) is 12.4 Å². The van der Waals surface area contributed by atoms with E-state index in [4.69, 9.17) is 4.74 Å². The van der Waals surface area contributed by atoms with Gasteiger partial charge in [-0.3, -0.25) is 4.98 Å². The van der Waals surface area contributed by atoms with E-state index in [-0.39, 0.29) is 0 Å². The maximum absolute atomic E-state index is 5.60. The maximum Gasteiger partial charge on any atom is 0.234 e. The number of anilines is 1. The lowest BCUT2D eigenvalue weighted by molar-refractivity contribution is 0.217. The van der Waals surface area contributed by atoms with Crippen molar-refractivity contribution in [1.82, 2.24) is 14.9 Å². The van der Waals surface area contributed by atoms with Gasteiger partial charge in [0.25, 0.3) is 0 Å². The zero-order valence-electron chi connectivity index (χ0n) is 12.8. The van der Waals surface area contributed by atoms with Crippen molar-refractivity contribution in [2.24, 2.45) is 11.8 Å². The van der Waals surface area contributed by atoms with Gasteiger partial charge in [0.15, 0.2) is 0 Å². The third kappa shape index (κ3) is 4.96. The molecule has 1 aliphatic heterocycles. The monoisotopic (exact) mass is 278 g/mol. The summed E-state index contributed by atoms with van der Waals surface area (Å²) in [4.78, 5) is 11.0. The van der Waals surface area contributed by atoms with Gasteiger partial charge in [0.2, 0.25) is 5.88 Å². The van der Waals surface area contributed by atoms with E-state index in [0.29, 0.717) is 24.3 Å². The highest BCUT2D eigenvalue weighted by Crippen LogP contribution is 2.16. The number of hydrogen-bond acceptors (Lipinski definition) is 5. The predicted molar refractivity (Wildman–Crippen MR) is 81.1 cm³/mol. The third-order valence-electron chi connectivity index (χ3n) is 3.47. The van der Waals surface area contributed by atoms with Crippen LogP contribution in [0.15, 0.2) is 12.4 Å². The lowest BCUT2D eigenvalue weighted by Crippen LogP contribution is -2.35. The molecule has 5 nitrogen and oxygen atoms in total. The minimum atomic E-state index is 0.492. The molecule has 0 aromatic carbocycles. The fraction of sp³-hybridized carbons (Fsp3) is 0.733. The summed E-state index contributed by atoms with van der Waals surface area (Å²) in [5, 5.41) is 3.38. The number of nitrogens with zero attached hydrogens (tertiary/aromatic N) is 3. The number of nitrogens with one attached hydrogen (secondary N) is 1. The first-order valence-electron chi connectivity index (χ1n) is 7.50.